The van der Waals surface area contributed by atoms with Crippen molar-refractivity contribution in [3.8, 4) is 5.75 Å². The summed E-state index contributed by atoms with van der Waals surface area (Å²) in [5.74, 6) is -0.982. The molecule has 1 unspecified atom stereocenters. The van der Waals surface area contributed by atoms with Crippen molar-refractivity contribution in [1.29, 1.82) is 0 Å². The van der Waals surface area contributed by atoms with Crippen LogP contribution in [0.3, 0.4) is 0 Å². The SMILES string of the molecule is CCOc1c(Cl)cccc1CC(=O)NC(C)(CC)C(=O)O. The Balaban J connectivity index is 2.89. The molecule has 0 saturated carbocycles. The number of nitrogens with one attached hydrogen (secondary N) is 1. The molecule has 5 nitrogen and oxygen atoms in total. The van der Waals surface area contributed by atoms with Crippen LogP contribution in [0.1, 0.15) is 32.8 Å². The second-order valence-electron chi connectivity index (χ2n) is 4.88. The zero-order chi connectivity index (χ0) is 16.0. The summed E-state index contributed by atoms with van der Waals surface area (Å²) in [6.45, 7) is 5.44. The third-order valence-corrected chi connectivity index (χ3v) is 3.58. The Morgan fingerprint density at radius 1 is 1.38 bits per heavy atom. The van der Waals surface area contributed by atoms with Crippen LogP contribution in [-0.2, 0) is 16.0 Å². The molecule has 0 aliphatic heterocycles. The van der Waals surface area contributed by atoms with Gasteiger partial charge in [-0.1, -0.05) is 30.7 Å². The highest BCUT2D eigenvalue weighted by Gasteiger charge is 2.32. The van der Waals surface area contributed by atoms with Crippen molar-refractivity contribution < 1.29 is 19.4 Å². The fourth-order valence-corrected chi connectivity index (χ4v) is 2.07. The van der Waals surface area contributed by atoms with Gasteiger partial charge in [-0.15, -0.1) is 0 Å². The standard InChI is InChI=1S/C15H20ClNO4/c1-4-15(3,14(19)20)17-12(18)9-10-7-6-8-11(16)13(10)21-5-2/h6-8H,4-5,9H2,1-3H3,(H,17,18)(H,19,20). The Hall–Kier alpha value is -1.75. The van der Waals surface area contributed by atoms with Gasteiger partial charge in [-0.3, -0.25) is 4.79 Å². The van der Waals surface area contributed by atoms with Crippen LogP contribution in [-0.4, -0.2) is 29.1 Å². The maximum Gasteiger partial charge on any atom is 0.329 e. The van der Waals surface area contributed by atoms with E-state index in [1.807, 2.05) is 6.92 Å². The number of hydrogen-bond acceptors (Lipinski definition) is 3. The van der Waals surface area contributed by atoms with Crippen LogP contribution < -0.4 is 10.1 Å². The lowest BCUT2D eigenvalue weighted by molar-refractivity contribution is -0.146. The Kier molecular flexibility index (Phi) is 6.03. The number of hydrogen-bond donors (Lipinski definition) is 2. The average Bonchev–Trinajstić information content (AvgIpc) is 2.42. The van der Waals surface area contributed by atoms with Gasteiger partial charge in [-0.05, 0) is 26.3 Å². The number of carbonyl (C=O) groups is 2. The molecule has 0 aliphatic rings. The number of carbonyl (C=O) groups excluding carboxylic acids is 1. The van der Waals surface area contributed by atoms with E-state index in [2.05, 4.69) is 5.32 Å². The van der Waals surface area contributed by atoms with Crippen molar-refractivity contribution in [2.24, 2.45) is 0 Å². The average molecular weight is 314 g/mol. The molecule has 2 N–H and O–H groups in total. The highest BCUT2D eigenvalue weighted by atomic mass is 35.5. The Morgan fingerprint density at radius 2 is 2.05 bits per heavy atom. The van der Waals surface area contributed by atoms with Gasteiger partial charge in [0.05, 0.1) is 18.1 Å². The third-order valence-electron chi connectivity index (χ3n) is 3.28. The molecule has 0 aromatic heterocycles. The quantitative estimate of drug-likeness (QED) is 0.811. The molecule has 0 fully saturated rings. The van der Waals surface area contributed by atoms with Crippen molar-refractivity contribution in [1.82, 2.24) is 5.32 Å². The summed E-state index contributed by atoms with van der Waals surface area (Å²) in [5.41, 5.74) is -0.646. The number of aliphatic carboxylic acids is 1. The number of para-hydroxylation sites is 1. The fourth-order valence-electron chi connectivity index (χ4n) is 1.82. The van der Waals surface area contributed by atoms with Gasteiger partial charge in [0, 0.05) is 5.56 Å². The van der Waals surface area contributed by atoms with Gasteiger partial charge in [0.15, 0.2) is 0 Å². The molecule has 0 radical (unpaired) electrons. The second-order valence-corrected chi connectivity index (χ2v) is 5.28. The molecule has 1 aromatic rings. The van der Waals surface area contributed by atoms with Crippen molar-refractivity contribution in [3.63, 3.8) is 0 Å². The van der Waals surface area contributed by atoms with Crippen molar-refractivity contribution in [2.45, 2.75) is 39.2 Å². The number of carboxylic acids is 1. The van der Waals surface area contributed by atoms with E-state index >= 15 is 0 Å². The van der Waals surface area contributed by atoms with Crippen LogP contribution in [0.5, 0.6) is 5.75 Å². The number of ether oxygens (including phenoxy) is 1. The van der Waals surface area contributed by atoms with E-state index in [0.717, 1.165) is 0 Å². The van der Waals surface area contributed by atoms with Crippen LogP contribution in [0, 0.1) is 0 Å². The molecule has 1 aromatic carbocycles. The summed E-state index contributed by atoms with van der Waals surface area (Å²) >= 11 is 6.05. The molecule has 116 valence electrons. The molecule has 0 heterocycles. The first-order valence-corrected chi connectivity index (χ1v) is 7.16. The highest BCUT2D eigenvalue weighted by Crippen LogP contribution is 2.29. The molecule has 6 heteroatoms. The minimum atomic E-state index is -1.28. The molecular formula is C15H20ClNO4. The summed E-state index contributed by atoms with van der Waals surface area (Å²) in [7, 11) is 0. The number of amides is 1. The van der Waals surface area contributed by atoms with Gasteiger partial charge < -0.3 is 15.2 Å². The van der Waals surface area contributed by atoms with Crippen LogP contribution >= 0.6 is 11.6 Å². The summed E-state index contributed by atoms with van der Waals surface area (Å²) in [6.07, 6.45) is 0.306. The third kappa shape index (κ3) is 4.36. The second kappa shape index (κ2) is 7.31. The summed E-state index contributed by atoms with van der Waals surface area (Å²) in [4.78, 5) is 23.3. The molecule has 1 amide bonds. The van der Waals surface area contributed by atoms with E-state index in [-0.39, 0.29) is 12.3 Å². The van der Waals surface area contributed by atoms with E-state index < -0.39 is 11.5 Å². The molecule has 0 saturated heterocycles. The van der Waals surface area contributed by atoms with Gasteiger partial charge in [0.1, 0.15) is 11.3 Å². The summed E-state index contributed by atoms with van der Waals surface area (Å²) in [5, 5.41) is 12.1. The number of rotatable bonds is 7. The topological polar surface area (TPSA) is 75.6 Å². The zero-order valence-electron chi connectivity index (χ0n) is 12.4. The first kappa shape index (κ1) is 17.3. The van der Waals surface area contributed by atoms with Crippen LogP contribution in [0.2, 0.25) is 5.02 Å². The molecule has 1 rings (SSSR count). The van der Waals surface area contributed by atoms with Crippen LogP contribution in [0.4, 0.5) is 0 Å². The minimum Gasteiger partial charge on any atom is -0.492 e. The molecule has 0 bridgehead atoms. The van der Waals surface area contributed by atoms with E-state index in [9.17, 15) is 9.59 Å². The Bertz CT molecular complexity index is 532. The predicted molar refractivity (Wildman–Crippen MR) is 80.8 cm³/mol. The van der Waals surface area contributed by atoms with Gasteiger partial charge in [-0.25, -0.2) is 4.79 Å². The maximum absolute atomic E-state index is 12.1. The minimum absolute atomic E-state index is 0.0127. The van der Waals surface area contributed by atoms with Gasteiger partial charge in [-0.2, -0.15) is 0 Å². The molecule has 0 spiro atoms. The highest BCUT2D eigenvalue weighted by molar-refractivity contribution is 6.32. The van der Waals surface area contributed by atoms with Gasteiger partial charge in [0.25, 0.3) is 0 Å². The summed E-state index contributed by atoms with van der Waals surface area (Å²) in [6, 6.07) is 5.14. The first-order chi connectivity index (χ1) is 9.84. The predicted octanol–water partition coefficient (Wildman–Crippen LogP) is 2.65. The van der Waals surface area contributed by atoms with Gasteiger partial charge in [0.2, 0.25) is 5.91 Å². The normalized spacial score (nSPS) is 13.3. The van der Waals surface area contributed by atoms with E-state index in [4.69, 9.17) is 21.4 Å². The smallest absolute Gasteiger partial charge is 0.329 e. The van der Waals surface area contributed by atoms with Crippen molar-refractivity contribution in [2.75, 3.05) is 6.61 Å². The van der Waals surface area contributed by atoms with Crippen LogP contribution in [0.25, 0.3) is 0 Å². The largest absolute Gasteiger partial charge is 0.492 e. The zero-order valence-corrected chi connectivity index (χ0v) is 13.2. The number of halogens is 1. The Labute approximate surface area is 129 Å². The molecule has 1 atom stereocenters. The fraction of sp³-hybridized carbons (Fsp3) is 0.467. The lowest BCUT2D eigenvalue weighted by Crippen LogP contribution is -2.52. The van der Waals surface area contributed by atoms with E-state index in [1.165, 1.54) is 6.92 Å². The Morgan fingerprint density at radius 3 is 2.57 bits per heavy atom. The first-order valence-electron chi connectivity index (χ1n) is 6.78. The molecular weight excluding hydrogens is 294 g/mol. The summed E-state index contributed by atoms with van der Waals surface area (Å²) < 4.78 is 5.44. The van der Waals surface area contributed by atoms with Crippen LogP contribution in [0.15, 0.2) is 18.2 Å². The maximum atomic E-state index is 12.1. The lowest BCUT2D eigenvalue weighted by atomic mass is 9.98. The molecule has 0 aliphatic carbocycles. The van der Waals surface area contributed by atoms with Crippen molar-refractivity contribution in [3.05, 3.63) is 28.8 Å². The molecule has 21 heavy (non-hydrogen) atoms. The number of benzene rings is 1. The van der Waals surface area contributed by atoms with E-state index in [1.54, 1.807) is 25.1 Å². The number of carboxylic acid groups (broad SMARTS) is 1. The lowest BCUT2D eigenvalue weighted by Gasteiger charge is -2.24. The van der Waals surface area contributed by atoms with Crippen molar-refractivity contribution >= 4 is 23.5 Å². The van der Waals surface area contributed by atoms with E-state index in [0.29, 0.717) is 29.4 Å². The monoisotopic (exact) mass is 313 g/mol. The van der Waals surface area contributed by atoms with Gasteiger partial charge >= 0.3 is 5.97 Å².